The molecular weight excluding hydrogens is 350 g/mol. The Hall–Kier alpha value is -2.71. The second kappa shape index (κ2) is 6.42. The van der Waals surface area contributed by atoms with Gasteiger partial charge in [0, 0.05) is 19.0 Å². The van der Waals surface area contributed by atoms with Crippen LogP contribution in [0, 0.1) is 11.3 Å². The fraction of sp³-hybridized carbons (Fsp3) is 0.231. The van der Waals surface area contributed by atoms with Crippen molar-refractivity contribution in [1.82, 2.24) is 29.3 Å². The Morgan fingerprint density at radius 2 is 2.12 bits per heavy atom. The van der Waals surface area contributed by atoms with Crippen molar-refractivity contribution in [1.29, 1.82) is 5.26 Å². The van der Waals surface area contributed by atoms with Crippen LogP contribution >= 0.6 is 23.1 Å². The highest BCUT2D eigenvalue weighted by molar-refractivity contribution is 7.99. The molecule has 24 heavy (non-hydrogen) atoms. The Kier molecular flexibility index (Phi) is 4.32. The summed E-state index contributed by atoms with van der Waals surface area (Å²) in [4.78, 5) is 25.3. The first kappa shape index (κ1) is 16.2. The zero-order valence-corrected chi connectivity index (χ0v) is 14.3. The van der Waals surface area contributed by atoms with E-state index in [9.17, 15) is 14.9 Å². The highest BCUT2D eigenvalue weighted by atomic mass is 32.2. The molecule has 0 aliphatic rings. The fourth-order valence-electron chi connectivity index (χ4n) is 2.05. The molecule has 0 bridgehead atoms. The topological polar surface area (TPSA) is 111 Å². The molecule has 3 aromatic heterocycles. The summed E-state index contributed by atoms with van der Waals surface area (Å²) < 4.78 is 3.70. The smallest absolute Gasteiger partial charge is 0.289 e. The van der Waals surface area contributed by atoms with Gasteiger partial charge in [-0.3, -0.25) is 13.9 Å². The summed E-state index contributed by atoms with van der Waals surface area (Å²) in [5.41, 5.74) is -1.27. The van der Waals surface area contributed by atoms with Crippen LogP contribution in [0.3, 0.4) is 0 Å². The van der Waals surface area contributed by atoms with Gasteiger partial charge in [0.1, 0.15) is 16.7 Å². The van der Waals surface area contributed by atoms with Crippen LogP contribution in [-0.4, -0.2) is 29.3 Å². The van der Waals surface area contributed by atoms with Crippen molar-refractivity contribution < 1.29 is 0 Å². The molecule has 0 N–H and O–H groups in total. The van der Waals surface area contributed by atoms with E-state index < -0.39 is 11.2 Å². The van der Waals surface area contributed by atoms with Gasteiger partial charge in [-0.15, -0.1) is 16.4 Å². The fourth-order valence-corrected chi connectivity index (χ4v) is 3.64. The molecule has 122 valence electrons. The number of nitriles is 1. The third kappa shape index (κ3) is 2.77. The molecule has 3 heterocycles. The minimum absolute atomic E-state index is 0.115. The van der Waals surface area contributed by atoms with E-state index >= 15 is 0 Å². The van der Waals surface area contributed by atoms with Gasteiger partial charge in [-0.2, -0.15) is 5.26 Å². The maximum Gasteiger partial charge on any atom is 0.331 e. The standard InChI is InChI=1S/C13H11N7O2S2/c1-18-10(21)9(6-14)11(19(2)13(18)22)24-12-15-16-17-20(12)7-8-4-3-5-23-8/h3-5H,7H2,1-2H3. The number of tetrazole rings is 1. The second-order valence-corrected chi connectivity index (χ2v) is 6.79. The highest BCUT2D eigenvalue weighted by Crippen LogP contribution is 2.26. The summed E-state index contributed by atoms with van der Waals surface area (Å²) in [6, 6.07) is 5.74. The predicted octanol–water partition coefficient (Wildman–Crippen LogP) is 0.203. The lowest BCUT2D eigenvalue weighted by Crippen LogP contribution is -2.39. The van der Waals surface area contributed by atoms with Crippen molar-refractivity contribution in [3.63, 3.8) is 0 Å². The summed E-state index contributed by atoms with van der Waals surface area (Å²) in [6.07, 6.45) is 0. The molecule has 0 fully saturated rings. The lowest BCUT2D eigenvalue weighted by atomic mass is 10.3. The highest BCUT2D eigenvalue weighted by Gasteiger charge is 2.19. The van der Waals surface area contributed by atoms with E-state index in [2.05, 4.69) is 15.5 Å². The van der Waals surface area contributed by atoms with Crippen LogP contribution in [0.4, 0.5) is 0 Å². The van der Waals surface area contributed by atoms with Gasteiger partial charge in [-0.05, 0) is 33.6 Å². The van der Waals surface area contributed by atoms with E-state index in [4.69, 9.17) is 0 Å². The Bertz CT molecular complexity index is 1040. The SMILES string of the molecule is Cn1c(Sc2nnnn2Cc2cccs2)c(C#N)c(=O)n(C)c1=O. The number of rotatable bonds is 4. The van der Waals surface area contributed by atoms with Crippen molar-refractivity contribution >= 4 is 23.1 Å². The molecule has 0 aliphatic heterocycles. The summed E-state index contributed by atoms with van der Waals surface area (Å²) >= 11 is 2.58. The first-order valence-electron chi connectivity index (χ1n) is 6.69. The average Bonchev–Trinajstić information content (AvgIpc) is 3.24. The van der Waals surface area contributed by atoms with E-state index in [1.807, 2.05) is 23.6 Å². The minimum atomic E-state index is -0.639. The van der Waals surface area contributed by atoms with Crippen molar-refractivity contribution in [3.8, 4) is 6.07 Å². The molecule has 9 nitrogen and oxygen atoms in total. The minimum Gasteiger partial charge on any atom is -0.289 e. The number of aromatic nitrogens is 6. The normalized spacial score (nSPS) is 10.7. The molecule has 0 saturated carbocycles. The monoisotopic (exact) mass is 361 g/mol. The van der Waals surface area contributed by atoms with Crippen molar-refractivity contribution in [2.45, 2.75) is 16.7 Å². The quantitative estimate of drug-likeness (QED) is 0.610. The van der Waals surface area contributed by atoms with Crippen LogP contribution in [0.2, 0.25) is 0 Å². The zero-order valence-electron chi connectivity index (χ0n) is 12.7. The van der Waals surface area contributed by atoms with Crippen molar-refractivity contribution in [2.24, 2.45) is 14.1 Å². The summed E-state index contributed by atoms with van der Waals surface area (Å²) in [6.45, 7) is 0.466. The number of nitrogens with zero attached hydrogens (tertiary/aromatic N) is 7. The van der Waals surface area contributed by atoms with Crippen LogP contribution in [0.5, 0.6) is 0 Å². The van der Waals surface area contributed by atoms with Crippen molar-refractivity contribution in [3.05, 3.63) is 48.8 Å². The molecule has 0 amide bonds. The van der Waals surface area contributed by atoms with Gasteiger partial charge < -0.3 is 0 Å². The second-order valence-electron chi connectivity index (χ2n) is 4.80. The summed E-state index contributed by atoms with van der Waals surface area (Å²) in [5, 5.41) is 23.3. The van der Waals surface area contributed by atoms with Gasteiger partial charge in [0.05, 0.1) is 6.54 Å². The Labute approximate surface area is 143 Å². The molecule has 3 aromatic rings. The van der Waals surface area contributed by atoms with Gasteiger partial charge in [-0.25, -0.2) is 9.48 Å². The van der Waals surface area contributed by atoms with Crippen LogP contribution < -0.4 is 11.2 Å². The molecule has 0 atom stereocenters. The lowest BCUT2D eigenvalue weighted by molar-refractivity contribution is 0.602. The van der Waals surface area contributed by atoms with Crippen molar-refractivity contribution in [2.75, 3.05) is 0 Å². The van der Waals surface area contributed by atoms with E-state index in [0.717, 1.165) is 21.2 Å². The Morgan fingerprint density at radius 3 is 2.79 bits per heavy atom. The lowest BCUT2D eigenvalue weighted by Gasteiger charge is -2.10. The van der Waals surface area contributed by atoms with Gasteiger partial charge in [0.2, 0.25) is 5.16 Å². The predicted molar refractivity (Wildman–Crippen MR) is 87.0 cm³/mol. The van der Waals surface area contributed by atoms with Gasteiger partial charge in [0.15, 0.2) is 0 Å². The Balaban J connectivity index is 2.05. The number of hydrogen-bond donors (Lipinski definition) is 0. The van der Waals surface area contributed by atoms with Gasteiger partial charge in [-0.1, -0.05) is 6.07 Å². The van der Waals surface area contributed by atoms with Crippen LogP contribution in [0.15, 0.2) is 37.3 Å². The van der Waals surface area contributed by atoms with E-state index in [1.165, 1.54) is 18.7 Å². The molecule has 0 aliphatic carbocycles. The molecule has 3 rings (SSSR count). The first-order valence-corrected chi connectivity index (χ1v) is 8.39. The molecule has 0 radical (unpaired) electrons. The zero-order chi connectivity index (χ0) is 17.3. The van der Waals surface area contributed by atoms with Crippen LogP contribution in [-0.2, 0) is 20.6 Å². The number of thiophene rings is 1. The van der Waals surface area contributed by atoms with E-state index in [-0.39, 0.29) is 10.6 Å². The molecule has 0 aromatic carbocycles. The maximum absolute atomic E-state index is 12.1. The molecule has 11 heteroatoms. The maximum atomic E-state index is 12.1. The summed E-state index contributed by atoms with van der Waals surface area (Å²) in [7, 11) is 2.83. The van der Waals surface area contributed by atoms with Gasteiger partial charge >= 0.3 is 5.69 Å². The van der Waals surface area contributed by atoms with E-state index in [0.29, 0.717) is 11.7 Å². The van der Waals surface area contributed by atoms with Crippen LogP contribution in [0.25, 0.3) is 0 Å². The largest absolute Gasteiger partial charge is 0.331 e. The molecule has 0 unspecified atom stereocenters. The summed E-state index contributed by atoms with van der Waals surface area (Å²) in [5.74, 6) is 0. The Morgan fingerprint density at radius 1 is 1.33 bits per heavy atom. The molecule has 0 spiro atoms. The number of hydrogen-bond acceptors (Lipinski definition) is 8. The third-order valence-corrected chi connectivity index (χ3v) is 5.30. The van der Waals surface area contributed by atoms with E-state index in [1.54, 1.807) is 16.0 Å². The third-order valence-electron chi connectivity index (χ3n) is 3.30. The van der Waals surface area contributed by atoms with Crippen LogP contribution in [0.1, 0.15) is 10.4 Å². The van der Waals surface area contributed by atoms with Gasteiger partial charge in [0.25, 0.3) is 5.56 Å². The first-order chi connectivity index (χ1) is 11.5. The molecular formula is C13H11N7O2S2. The molecule has 0 saturated heterocycles. The average molecular weight is 361 g/mol.